The van der Waals surface area contributed by atoms with E-state index in [1.807, 2.05) is 14.1 Å². The number of likely N-dealkylation sites (N-methyl/N-ethyl adjacent to an activating group) is 1. The van der Waals surface area contributed by atoms with Gasteiger partial charge < -0.3 is 15.0 Å². The summed E-state index contributed by atoms with van der Waals surface area (Å²) in [6, 6.07) is 3.56. The number of nitrogens with one attached hydrogen (secondary N) is 1. The van der Waals surface area contributed by atoms with Crippen LogP contribution in [-0.2, 0) is 14.8 Å². The van der Waals surface area contributed by atoms with Crippen molar-refractivity contribution in [3.63, 3.8) is 0 Å². The highest BCUT2D eigenvalue weighted by Crippen LogP contribution is 2.27. The zero-order valence-corrected chi connectivity index (χ0v) is 15.7. The summed E-state index contributed by atoms with van der Waals surface area (Å²) >= 11 is 0. The monoisotopic (exact) mass is 387 g/mol. The van der Waals surface area contributed by atoms with Gasteiger partial charge in [-0.25, -0.2) is 13.6 Å². The Labute approximate surface area is 153 Å². The van der Waals surface area contributed by atoms with Gasteiger partial charge >= 0.3 is 0 Å². The summed E-state index contributed by atoms with van der Waals surface area (Å²) in [5.41, 5.74) is -0.104. The Bertz CT molecular complexity index is 740. The molecule has 1 heterocycles. The van der Waals surface area contributed by atoms with E-state index in [4.69, 9.17) is 9.88 Å². The van der Waals surface area contributed by atoms with E-state index >= 15 is 0 Å². The summed E-state index contributed by atoms with van der Waals surface area (Å²) in [6.45, 7) is 4.44. The van der Waals surface area contributed by atoms with Gasteiger partial charge in [0.25, 0.3) is 5.69 Å². The van der Waals surface area contributed by atoms with Crippen molar-refractivity contribution in [3.8, 4) is 0 Å². The van der Waals surface area contributed by atoms with Gasteiger partial charge in [0.15, 0.2) is 0 Å². The summed E-state index contributed by atoms with van der Waals surface area (Å²) in [5.74, 6) is 0. The predicted octanol–water partition coefficient (Wildman–Crippen LogP) is -0.0835. The molecule has 1 saturated heterocycles. The second-order valence-electron chi connectivity index (χ2n) is 6.46. The van der Waals surface area contributed by atoms with E-state index in [1.54, 1.807) is 0 Å². The van der Waals surface area contributed by atoms with Crippen molar-refractivity contribution < 1.29 is 18.1 Å². The molecule has 0 bridgehead atoms. The lowest BCUT2D eigenvalue weighted by molar-refractivity contribution is -0.384. The maximum Gasteiger partial charge on any atom is 0.293 e. The zero-order valence-electron chi connectivity index (χ0n) is 14.9. The minimum absolute atomic E-state index is 0.108. The molecule has 1 aromatic carbocycles. The van der Waals surface area contributed by atoms with Gasteiger partial charge in [0, 0.05) is 38.8 Å². The largest absolute Gasteiger partial charge is 0.377 e. The van der Waals surface area contributed by atoms with Crippen molar-refractivity contribution >= 4 is 21.4 Å². The van der Waals surface area contributed by atoms with E-state index in [1.165, 1.54) is 12.1 Å². The second kappa shape index (κ2) is 8.73. The van der Waals surface area contributed by atoms with Crippen LogP contribution in [0.2, 0.25) is 0 Å². The lowest BCUT2D eigenvalue weighted by Gasteiger charge is -2.33. The summed E-state index contributed by atoms with van der Waals surface area (Å²) in [7, 11) is 0.0361. The SMILES string of the molecule is CN(C)CCN1CCO[C@@H](CNc2ccc(S(N)(=O)=O)cc2[N+](=O)[O-])C1. The third-order valence-corrected chi connectivity index (χ3v) is 5.01. The number of rotatable bonds is 8. The standard InChI is InChI=1S/C15H25N5O5S/c1-18(2)5-6-19-7-8-25-12(11-19)10-17-14-4-3-13(26(16,23)24)9-15(14)20(21)22/h3-4,9,12,17H,5-8,10-11H2,1-2H3,(H2,16,23,24)/t12-/m0/s1. The van der Waals surface area contributed by atoms with Gasteiger partial charge in [-0.2, -0.15) is 0 Å². The number of anilines is 1. The van der Waals surface area contributed by atoms with Gasteiger partial charge in [-0.15, -0.1) is 0 Å². The van der Waals surface area contributed by atoms with E-state index in [9.17, 15) is 18.5 Å². The fourth-order valence-electron chi connectivity index (χ4n) is 2.66. The first-order valence-electron chi connectivity index (χ1n) is 8.20. The molecule has 1 aromatic rings. The average molecular weight is 387 g/mol. The summed E-state index contributed by atoms with van der Waals surface area (Å²) in [6.07, 6.45) is -0.108. The fourth-order valence-corrected chi connectivity index (χ4v) is 3.19. The molecule has 1 aliphatic heterocycles. The molecule has 0 unspecified atom stereocenters. The van der Waals surface area contributed by atoms with Crippen LogP contribution in [0.25, 0.3) is 0 Å². The maximum absolute atomic E-state index is 11.4. The number of hydrogen-bond donors (Lipinski definition) is 2. The molecule has 0 saturated carbocycles. The van der Waals surface area contributed by atoms with Crippen LogP contribution in [0.15, 0.2) is 23.1 Å². The van der Waals surface area contributed by atoms with Gasteiger partial charge in [-0.1, -0.05) is 0 Å². The molecular formula is C15H25N5O5S. The first kappa shape index (κ1) is 20.5. The Morgan fingerprint density at radius 3 is 2.81 bits per heavy atom. The quantitative estimate of drug-likeness (QED) is 0.468. The number of nitro groups is 1. The number of nitrogens with zero attached hydrogens (tertiary/aromatic N) is 3. The van der Waals surface area contributed by atoms with E-state index in [0.29, 0.717) is 13.2 Å². The first-order chi connectivity index (χ1) is 12.2. The topological polar surface area (TPSA) is 131 Å². The van der Waals surface area contributed by atoms with Crippen molar-refractivity contribution in [2.75, 3.05) is 58.7 Å². The Hall–Kier alpha value is -1.79. The molecule has 1 atom stereocenters. The molecule has 146 valence electrons. The minimum atomic E-state index is -4.00. The molecule has 0 aromatic heterocycles. The Balaban J connectivity index is 2.01. The van der Waals surface area contributed by atoms with E-state index in [-0.39, 0.29) is 22.4 Å². The van der Waals surface area contributed by atoms with Crippen molar-refractivity contribution in [2.24, 2.45) is 5.14 Å². The maximum atomic E-state index is 11.4. The second-order valence-corrected chi connectivity index (χ2v) is 8.02. The number of primary sulfonamides is 1. The summed E-state index contributed by atoms with van der Waals surface area (Å²) < 4.78 is 28.5. The lowest BCUT2D eigenvalue weighted by Crippen LogP contribution is -2.47. The Morgan fingerprint density at radius 1 is 1.46 bits per heavy atom. The van der Waals surface area contributed by atoms with Gasteiger partial charge in [-0.05, 0) is 26.2 Å². The minimum Gasteiger partial charge on any atom is -0.377 e. The highest BCUT2D eigenvalue weighted by molar-refractivity contribution is 7.89. The van der Waals surface area contributed by atoms with E-state index in [2.05, 4.69) is 15.1 Å². The summed E-state index contributed by atoms with van der Waals surface area (Å²) in [4.78, 5) is 14.7. The van der Waals surface area contributed by atoms with Crippen molar-refractivity contribution in [2.45, 2.75) is 11.0 Å². The molecule has 10 nitrogen and oxygen atoms in total. The van der Waals surface area contributed by atoms with Crippen LogP contribution in [-0.4, -0.2) is 82.7 Å². The van der Waals surface area contributed by atoms with Crippen LogP contribution in [0, 0.1) is 10.1 Å². The Morgan fingerprint density at radius 2 is 2.19 bits per heavy atom. The van der Waals surface area contributed by atoms with Crippen molar-refractivity contribution in [3.05, 3.63) is 28.3 Å². The molecule has 3 N–H and O–H groups in total. The third kappa shape index (κ3) is 5.88. The van der Waals surface area contributed by atoms with Gasteiger partial charge in [-0.3, -0.25) is 15.0 Å². The summed E-state index contributed by atoms with van der Waals surface area (Å²) in [5, 5.41) is 19.3. The van der Waals surface area contributed by atoms with Gasteiger partial charge in [0.2, 0.25) is 10.0 Å². The van der Waals surface area contributed by atoms with E-state index in [0.717, 1.165) is 32.2 Å². The van der Waals surface area contributed by atoms with Crippen LogP contribution in [0.1, 0.15) is 0 Å². The number of sulfonamides is 1. The molecule has 0 amide bonds. The molecule has 2 rings (SSSR count). The molecule has 1 fully saturated rings. The number of nitro benzene ring substituents is 1. The van der Waals surface area contributed by atoms with Crippen LogP contribution < -0.4 is 10.5 Å². The highest BCUT2D eigenvalue weighted by atomic mass is 32.2. The number of nitrogens with two attached hydrogens (primary N) is 1. The van der Waals surface area contributed by atoms with Crippen molar-refractivity contribution in [1.29, 1.82) is 0 Å². The van der Waals surface area contributed by atoms with Crippen LogP contribution in [0.3, 0.4) is 0 Å². The first-order valence-corrected chi connectivity index (χ1v) is 9.75. The third-order valence-electron chi connectivity index (χ3n) is 4.10. The Kier molecular flexibility index (Phi) is 6.89. The fraction of sp³-hybridized carbons (Fsp3) is 0.600. The molecule has 0 spiro atoms. The van der Waals surface area contributed by atoms with Gasteiger partial charge in [0.05, 0.1) is 22.5 Å². The normalized spacial score (nSPS) is 18.8. The zero-order chi connectivity index (χ0) is 19.3. The molecule has 0 radical (unpaired) electrons. The molecule has 11 heteroatoms. The highest BCUT2D eigenvalue weighted by Gasteiger charge is 2.23. The number of hydrogen-bond acceptors (Lipinski definition) is 8. The van der Waals surface area contributed by atoms with Crippen LogP contribution in [0.5, 0.6) is 0 Å². The van der Waals surface area contributed by atoms with Crippen LogP contribution in [0.4, 0.5) is 11.4 Å². The van der Waals surface area contributed by atoms with Crippen molar-refractivity contribution in [1.82, 2.24) is 9.80 Å². The number of benzene rings is 1. The smallest absolute Gasteiger partial charge is 0.293 e. The predicted molar refractivity (Wildman–Crippen MR) is 97.7 cm³/mol. The van der Waals surface area contributed by atoms with Gasteiger partial charge in [0.1, 0.15) is 5.69 Å². The molecular weight excluding hydrogens is 362 g/mol. The molecule has 0 aliphatic carbocycles. The number of morpholine rings is 1. The average Bonchev–Trinajstić information content (AvgIpc) is 2.57. The molecule has 1 aliphatic rings. The van der Waals surface area contributed by atoms with E-state index < -0.39 is 14.9 Å². The number of ether oxygens (including phenoxy) is 1. The molecule has 26 heavy (non-hydrogen) atoms. The van der Waals surface area contributed by atoms with Crippen LogP contribution >= 0.6 is 0 Å². The lowest BCUT2D eigenvalue weighted by atomic mass is 10.2.